The smallest absolute Gasteiger partial charge is 0.319 e. The highest BCUT2D eigenvalue weighted by Gasteiger charge is 2.26. The number of hydrogen-bond acceptors (Lipinski definition) is 2. The first-order valence-corrected chi connectivity index (χ1v) is 4.21. The van der Waals surface area contributed by atoms with Gasteiger partial charge >= 0.3 is 6.18 Å². The Morgan fingerprint density at radius 3 is 1.05 bits per heavy atom. The summed E-state index contributed by atoms with van der Waals surface area (Å²) in [6.07, 6.45) is -4.62. The first-order chi connectivity index (χ1) is 8.80. The van der Waals surface area contributed by atoms with Gasteiger partial charge in [0.2, 0.25) is 0 Å². The molecule has 0 rings (SSSR count). The maximum absolute atomic E-state index is 10.5. The lowest BCUT2D eigenvalue weighted by Crippen LogP contribution is -2.08. The Morgan fingerprint density at radius 2 is 1.05 bits per heavy atom. The van der Waals surface area contributed by atoms with E-state index in [-0.39, 0.29) is 6.67 Å². The summed E-state index contributed by atoms with van der Waals surface area (Å²) in [5.41, 5.74) is 0. The molecule has 0 aromatic heterocycles. The van der Waals surface area contributed by atoms with Crippen molar-refractivity contribution in [3.05, 3.63) is 0 Å². The van der Waals surface area contributed by atoms with Crippen molar-refractivity contribution in [2.45, 2.75) is 13.1 Å². The molecule has 0 heterocycles. The molecular weight excluding hydrogens is 299 g/mol. The quantitative estimate of drug-likeness (QED) is 0.701. The van der Waals surface area contributed by atoms with Gasteiger partial charge in [-0.25, -0.2) is 13.2 Å². The molecule has 0 saturated heterocycles. The van der Waals surface area contributed by atoms with Gasteiger partial charge in [-0.05, 0) is 11.4 Å². The summed E-state index contributed by atoms with van der Waals surface area (Å²) in [5, 5.41) is 0. The Labute approximate surface area is 105 Å². The Balaban J connectivity index is -0.0000000457. The molecule has 0 aliphatic rings. The second-order valence-electron chi connectivity index (χ2n) is 1.59. The lowest BCUT2D eigenvalue weighted by atomic mass is 10.8. The number of alkyl halides is 8. The Kier molecular flexibility index (Phi) is 58.6. The van der Waals surface area contributed by atoms with E-state index < -0.39 is 26.6 Å². The van der Waals surface area contributed by atoms with Crippen molar-refractivity contribution in [3.63, 3.8) is 0 Å². The fourth-order valence-electron chi connectivity index (χ4n) is 0.0292. The van der Waals surface area contributed by atoms with Gasteiger partial charge in [-0.1, -0.05) is 0 Å². The first kappa shape index (κ1) is 31.0. The van der Waals surface area contributed by atoms with Crippen LogP contribution in [-0.4, -0.2) is 47.5 Å². The highest BCUT2D eigenvalue weighted by atomic mass is 19.4. The Bertz CT molecular complexity index is 98.7. The predicted octanol–water partition coefficient (Wildman–Crippen LogP) is 4.45. The normalized spacial score (nSPS) is 8.21. The predicted molar refractivity (Wildman–Crippen MR) is 51.9 cm³/mol. The maximum Gasteiger partial charge on any atom is 0.416 e. The number of rotatable bonds is 2. The molecule has 0 aliphatic carbocycles. The molecule has 0 atom stereocenters. The molecule has 0 aliphatic heterocycles. The fourth-order valence-corrected chi connectivity index (χ4v) is 0.0292. The number of hydrogen-bond donors (Lipinski definition) is 0. The van der Waals surface area contributed by atoms with E-state index >= 15 is 0 Å². The van der Waals surface area contributed by atoms with Crippen LogP contribution in [0.5, 0.6) is 0 Å². The molecule has 0 fully saturated rings. The van der Waals surface area contributed by atoms with Gasteiger partial charge in [0, 0.05) is 0 Å². The van der Waals surface area contributed by atoms with Crippen molar-refractivity contribution in [1.29, 1.82) is 0 Å². The van der Waals surface area contributed by atoms with Crippen molar-refractivity contribution < 1.29 is 49.3 Å². The van der Waals surface area contributed by atoms with Crippen LogP contribution in [0.15, 0.2) is 0 Å². The zero-order chi connectivity index (χ0) is 16.7. The van der Waals surface area contributed by atoms with Crippen LogP contribution in [-0.2, 0) is 9.68 Å². The van der Waals surface area contributed by atoms with Crippen molar-refractivity contribution >= 4 is 0 Å². The second kappa shape index (κ2) is 36.0. The molecule has 0 unspecified atom stereocenters. The van der Waals surface area contributed by atoms with Crippen LogP contribution in [0.2, 0.25) is 0 Å². The second-order valence-corrected chi connectivity index (χ2v) is 1.59. The summed E-state index contributed by atoms with van der Waals surface area (Å²) in [4.78, 5) is 2.75. The van der Waals surface area contributed by atoms with Gasteiger partial charge < -0.3 is 4.74 Å². The molecule has 11 heteroatoms. The highest BCUT2D eigenvalue weighted by molar-refractivity contribution is 4.39. The standard InChI is InChI=1S/C2H2F4.C2H4F2O.C2H5F.CH3FO.CH3F/c3-1-2(4,5)6;3-1-5-2-4;1-2-3;1-3-2;1-2/h1H2;1-2H2;2H2,1H3;1H3;1H3. The topological polar surface area (TPSA) is 18.5 Å². The van der Waals surface area contributed by atoms with Crippen LogP contribution in [0, 0.1) is 0 Å². The summed E-state index contributed by atoms with van der Waals surface area (Å²) in [6, 6.07) is 0. The van der Waals surface area contributed by atoms with Crippen LogP contribution in [0.3, 0.4) is 0 Å². The molecule has 0 radical (unpaired) electrons. The molecule has 0 aromatic rings. The summed E-state index contributed by atoms with van der Waals surface area (Å²) in [6.45, 7) is -3.08. The third-order valence-electron chi connectivity index (χ3n) is 0.306. The van der Waals surface area contributed by atoms with E-state index in [1.807, 2.05) is 0 Å². The minimum atomic E-state index is -4.62. The van der Waals surface area contributed by atoms with Crippen molar-refractivity contribution in [2.24, 2.45) is 0 Å². The van der Waals surface area contributed by atoms with E-state index in [0.717, 1.165) is 7.11 Å². The van der Waals surface area contributed by atoms with E-state index in [9.17, 15) is 39.6 Å². The highest BCUT2D eigenvalue weighted by Crippen LogP contribution is 2.13. The third-order valence-corrected chi connectivity index (χ3v) is 0.306. The van der Waals surface area contributed by atoms with E-state index in [1.165, 1.54) is 6.92 Å². The molecule has 0 saturated carbocycles. The van der Waals surface area contributed by atoms with Gasteiger partial charge in [-0.15, -0.1) is 0 Å². The molecule has 124 valence electrons. The van der Waals surface area contributed by atoms with E-state index in [2.05, 4.69) is 9.68 Å². The third kappa shape index (κ3) is 220. The zero-order valence-corrected chi connectivity index (χ0v) is 10.5. The zero-order valence-electron chi connectivity index (χ0n) is 10.5. The first-order valence-electron chi connectivity index (χ1n) is 4.21. The van der Waals surface area contributed by atoms with Crippen molar-refractivity contribution in [3.8, 4) is 0 Å². The molecule has 0 aromatic carbocycles. The minimum absolute atomic E-state index is 0.250. The molecule has 19 heavy (non-hydrogen) atoms. The van der Waals surface area contributed by atoms with Crippen LogP contribution in [0.1, 0.15) is 6.92 Å². The van der Waals surface area contributed by atoms with E-state index in [0.29, 0.717) is 7.18 Å². The number of ether oxygens (including phenoxy) is 1. The lowest BCUT2D eigenvalue weighted by Gasteiger charge is -1.93. The van der Waals surface area contributed by atoms with Gasteiger partial charge in [0.1, 0.15) is 0 Å². The summed E-state index contributed by atoms with van der Waals surface area (Å²) < 4.78 is 95.8. The van der Waals surface area contributed by atoms with Crippen LogP contribution < -0.4 is 0 Å². The van der Waals surface area contributed by atoms with E-state index in [4.69, 9.17) is 0 Å². The average Bonchev–Trinajstić information content (AvgIpc) is 2.34. The van der Waals surface area contributed by atoms with Crippen molar-refractivity contribution in [2.75, 3.05) is 41.4 Å². The maximum atomic E-state index is 10.5. The monoisotopic (exact) mass is 316 g/mol. The average molecular weight is 316 g/mol. The molecule has 0 amide bonds. The van der Waals surface area contributed by atoms with Crippen LogP contribution >= 0.6 is 0 Å². The summed E-state index contributed by atoms with van der Waals surface area (Å²) in [5.74, 6) is 0. The van der Waals surface area contributed by atoms with Gasteiger partial charge in [0.05, 0.1) is 21.0 Å². The molecular formula is C8H17F9O2. The van der Waals surface area contributed by atoms with Crippen LogP contribution in [0.25, 0.3) is 0 Å². The molecule has 0 bridgehead atoms. The molecule has 0 N–H and O–H groups in total. The molecule has 2 nitrogen and oxygen atoms in total. The fraction of sp³-hybridized carbons (Fsp3) is 1.00. The van der Waals surface area contributed by atoms with Gasteiger partial charge in [0.15, 0.2) is 20.4 Å². The Morgan fingerprint density at radius 1 is 0.895 bits per heavy atom. The van der Waals surface area contributed by atoms with Crippen molar-refractivity contribution in [1.82, 2.24) is 0 Å². The summed E-state index contributed by atoms with van der Waals surface area (Å²) in [7, 11) is 1.46. The molecule has 0 spiro atoms. The van der Waals surface area contributed by atoms with E-state index in [1.54, 1.807) is 0 Å². The minimum Gasteiger partial charge on any atom is -0.319 e. The largest absolute Gasteiger partial charge is 0.416 e. The van der Waals surface area contributed by atoms with Crippen LogP contribution in [0.4, 0.5) is 39.6 Å². The Hall–Kier alpha value is -0.710. The summed E-state index contributed by atoms with van der Waals surface area (Å²) >= 11 is 0. The SMILES string of the molecule is CCF.CF.COF.FCC(F)(F)F.FCOCF. The number of halogens is 9. The van der Waals surface area contributed by atoms with Gasteiger partial charge in [-0.2, -0.15) is 18.1 Å². The van der Waals surface area contributed by atoms with Gasteiger partial charge in [0.25, 0.3) is 0 Å². The lowest BCUT2D eigenvalue weighted by molar-refractivity contribution is -0.142. The van der Waals surface area contributed by atoms with Gasteiger partial charge in [-0.3, -0.25) is 8.78 Å².